The van der Waals surface area contributed by atoms with E-state index in [9.17, 15) is 4.79 Å². The van der Waals surface area contributed by atoms with Crippen LogP contribution in [0.4, 0.5) is 0 Å². The highest BCUT2D eigenvalue weighted by atomic mass is 35.5. The zero-order valence-corrected chi connectivity index (χ0v) is 13.5. The molecule has 1 fully saturated rings. The van der Waals surface area contributed by atoms with Gasteiger partial charge in [-0.3, -0.25) is 9.48 Å². The Balaban J connectivity index is 0.00000200. The van der Waals surface area contributed by atoms with Crippen molar-refractivity contribution < 1.29 is 4.79 Å². The molecule has 1 saturated heterocycles. The van der Waals surface area contributed by atoms with Gasteiger partial charge in [0.05, 0.1) is 0 Å². The molecule has 1 aliphatic rings. The summed E-state index contributed by atoms with van der Waals surface area (Å²) in [5, 5.41) is 4.34. The second kappa shape index (κ2) is 6.14. The van der Waals surface area contributed by atoms with Gasteiger partial charge in [0.1, 0.15) is 0 Å². The third-order valence-electron chi connectivity index (χ3n) is 4.06. The number of hydrogen-bond donors (Lipinski definition) is 1. The predicted octanol–water partition coefficient (Wildman–Crippen LogP) is 1.78. The molecule has 2 rings (SSSR count). The second-order valence-electron chi connectivity index (χ2n) is 6.22. The van der Waals surface area contributed by atoms with Gasteiger partial charge in [0.15, 0.2) is 5.69 Å². The predicted molar refractivity (Wildman–Crippen MR) is 82.2 cm³/mol. The van der Waals surface area contributed by atoms with E-state index in [0.29, 0.717) is 18.2 Å². The number of nitrogens with two attached hydrogens (primary N) is 1. The van der Waals surface area contributed by atoms with E-state index < -0.39 is 0 Å². The van der Waals surface area contributed by atoms with Crippen LogP contribution < -0.4 is 5.73 Å². The first kappa shape index (κ1) is 17.0. The van der Waals surface area contributed by atoms with Gasteiger partial charge in [0, 0.05) is 25.8 Å². The average Bonchev–Trinajstić information content (AvgIpc) is 2.93. The Morgan fingerprint density at radius 3 is 2.65 bits per heavy atom. The molecule has 0 saturated carbocycles. The fourth-order valence-corrected chi connectivity index (χ4v) is 2.65. The first-order valence-corrected chi connectivity index (χ1v) is 6.89. The highest BCUT2D eigenvalue weighted by Gasteiger charge is 2.36. The van der Waals surface area contributed by atoms with E-state index >= 15 is 0 Å². The molecule has 1 amide bonds. The van der Waals surface area contributed by atoms with E-state index in [1.807, 2.05) is 18.0 Å². The van der Waals surface area contributed by atoms with Crippen molar-refractivity contribution in [1.29, 1.82) is 0 Å². The third kappa shape index (κ3) is 3.15. The Morgan fingerprint density at radius 2 is 2.20 bits per heavy atom. The van der Waals surface area contributed by atoms with Crippen molar-refractivity contribution in [3.05, 3.63) is 17.5 Å². The van der Waals surface area contributed by atoms with Crippen LogP contribution in [0.25, 0.3) is 0 Å². The summed E-state index contributed by atoms with van der Waals surface area (Å²) in [5.41, 5.74) is 7.48. The van der Waals surface area contributed by atoms with E-state index in [-0.39, 0.29) is 23.7 Å². The Labute approximate surface area is 126 Å². The van der Waals surface area contributed by atoms with Crippen LogP contribution in [-0.4, -0.2) is 40.2 Å². The monoisotopic (exact) mass is 300 g/mol. The first-order valence-electron chi connectivity index (χ1n) is 6.89. The summed E-state index contributed by atoms with van der Waals surface area (Å²) in [6.45, 7) is 8.48. The van der Waals surface area contributed by atoms with Gasteiger partial charge in [0.2, 0.25) is 0 Å². The van der Waals surface area contributed by atoms with Crippen LogP contribution in [-0.2, 0) is 7.05 Å². The minimum atomic E-state index is 0. The van der Waals surface area contributed by atoms with Crippen molar-refractivity contribution in [3.63, 3.8) is 0 Å². The van der Waals surface area contributed by atoms with Gasteiger partial charge in [-0.1, -0.05) is 20.8 Å². The molecule has 1 aliphatic heterocycles. The highest BCUT2D eigenvalue weighted by molar-refractivity contribution is 5.92. The van der Waals surface area contributed by atoms with Crippen molar-refractivity contribution in [1.82, 2.24) is 14.7 Å². The lowest BCUT2D eigenvalue weighted by molar-refractivity contribution is 0.0770. The van der Waals surface area contributed by atoms with Gasteiger partial charge in [-0.05, 0) is 30.4 Å². The topological polar surface area (TPSA) is 64.2 Å². The molecule has 1 unspecified atom stereocenters. The summed E-state index contributed by atoms with van der Waals surface area (Å²) in [4.78, 5) is 14.3. The third-order valence-corrected chi connectivity index (χ3v) is 4.06. The molecule has 2 heterocycles. The molecule has 1 aromatic rings. The molecular formula is C14H25ClN4O. The van der Waals surface area contributed by atoms with Gasteiger partial charge in [-0.15, -0.1) is 12.4 Å². The van der Waals surface area contributed by atoms with E-state index in [2.05, 4.69) is 25.9 Å². The quantitative estimate of drug-likeness (QED) is 0.925. The Hall–Kier alpha value is -1.07. The van der Waals surface area contributed by atoms with Crippen molar-refractivity contribution in [3.8, 4) is 0 Å². The molecular weight excluding hydrogens is 276 g/mol. The van der Waals surface area contributed by atoms with Crippen molar-refractivity contribution in [2.24, 2.45) is 18.2 Å². The number of halogens is 1. The average molecular weight is 301 g/mol. The maximum absolute atomic E-state index is 12.4. The van der Waals surface area contributed by atoms with Crippen LogP contribution in [0.2, 0.25) is 0 Å². The Kier molecular flexibility index (Phi) is 5.21. The molecule has 1 atom stereocenters. The van der Waals surface area contributed by atoms with E-state index in [1.165, 1.54) is 0 Å². The van der Waals surface area contributed by atoms with Crippen LogP contribution in [0.5, 0.6) is 0 Å². The summed E-state index contributed by atoms with van der Waals surface area (Å²) in [7, 11) is 1.89. The number of aromatic nitrogens is 2. The molecule has 1 aromatic heterocycles. The van der Waals surface area contributed by atoms with Gasteiger partial charge >= 0.3 is 0 Å². The summed E-state index contributed by atoms with van der Waals surface area (Å²) in [5.74, 6) is 0.395. The van der Waals surface area contributed by atoms with E-state index in [0.717, 1.165) is 25.2 Å². The van der Waals surface area contributed by atoms with Gasteiger partial charge < -0.3 is 10.6 Å². The molecule has 0 aliphatic carbocycles. The van der Waals surface area contributed by atoms with Gasteiger partial charge in [-0.25, -0.2) is 0 Å². The maximum Gasteiger partial charge on any atom is 0.274 e. The molecule has 0 spiro atoms. The highest BCUT2D eigenvalue weighted by Crippen LogP contribution is 2.29. The smallest absolute Gasteiger partial charge is 0.274 e. The fourth-order valence-electron chi connectivity index (χ4n) is 2.65. The SMILES string of the molecule is CC(C)c1cc(C(=O)N2CCC(C)(CN)C2)nn1C.Cl. The second-order valence-corrected chi connectivity index (χ2v) is 6.22. The first-order chi connectivity index (χ1) is 8.86. The van der Waals surface area contributed by atoms with E-state index in [4.69, 9.17) is 5.73 Å². The molecule has 6 heteroatoms. The number of carbonyl (C=O) groups is 1. The van der Waals surface area contributed by atoms with Crippen LogP contribution in [0.3, 0.4) is 0 Å². The summed E-state index contributed by atoms with van der Waals surface area (Å²) < 4.78 is 1.80. The maximum atomic E-state index is 12.4. The van der Waals surface area contributed by atoms with Gasteiger partial charge in [-0.2, -0.15) is 5.10 Å². The number of hydrogen-bond acceptors (Lipinski definition) is 3. The number of amides is 1. The molecule has 0 bridgehead atoms. The number of nitrogens with zero attached hydrogens (tertiary/aromatic N) is 3. The van der Waals surface area contributed by atoms with Crippen molar-refractivity contribution >= 4 is 18.3 Å². The van der Waals surface area contributed by atoms with Crippen LogP contribution in [0, 0.1) is 5.41 Å². The summed E-state index contributed by atoms with van der Waals surface area (Å²) in [6, 6.07) is 1.91. The number of carbonyl (C=O) groups excluding carboxylic acids is 1. The van der Waals surface area contributed by atoms with Crippen molar-refractivity contribution in [2.45, 2.75) is 33.1 Å². The summed E-state index contributed by atoms with van der Waals surface area (Å²) in [6.07, 6.45) is 0.971. The number of likely N-dealkylation sites (tertiary alicyclic amines) is 1. The summed E-state index contributed by atoms with van der Waals surface area (Å²) >= 11 is 0. The molecule has 2 N–H and O–H groups in total. The zero-order valence-electron chi connectivity index (χ0n) is 12.7. The Morgan fingerprint density at radius 1 is 1.55 bits per heavy atom. The lowest BCUT2D eigenvalue weighted by Gasteiger charge is -2.22. The number of rotatable bonds is 3. The van der Waals surface area contributed by atoms with Gasteiger partial charge in [0.25, 0.3) is 5.91 Å². The molecule has 5 nitrogen and oxygen atoms in total. The zero-order chi connectivity index (χ0) is 14.2. The van der Waals surface area contributed by atoms with Crippen LogP contribution >= 0.6 is 12.4 Å². The van der Waals surface area contributed by atoms with Crippen LogP contribution in [0.15, 0.2) is 6.07 Å². The Bertz CT molecular complexity index is 486. The lowest BCUT2D eigenvalue weighted by atomic mass is 9.90. The van der Waals surface area contributed by atoms with E-state index in [1.54, 1.807) is 4.68 Å². The standard InChI is InChI=1S/C14H24N4O.ClH/c1-10(2)12-7-11(16-17(12)4)13(19)18-6-5-14(3,8-15)9-18;/h7,10H,5-6,8-9,15H2,1-4H3;1H. The normalized spacial score (nSPS) is 22.2. The molecule has 0 radical (unpaired) electrons. The fraction of sp³-hybridized carbons (Fsp3) is 0.714. The molecule has 20 heavy (non-hydrogen) atoms. The lowest BCUT2D eigenvalue weighted by Crippen LogP contribution is -2.34. The number of aryl methyl sites for hydroxylation is 1. The molecule has 114 valence electrons. The molecule has 0 aromatic carbocycles. The largest absolute Gasteiger partial charge is 0.337 e. The van der Waals surface area contributed by atoms with Crippen molar-refractivity contribution in [2.75, 3.05) is 19.6 Å². The minimum Gasteiger partial charge on any atom is -0.337 e. The minimum absolute atomic E-state index is 0. The van der Waals surface area contributed by atoms with Crippen LogP contribution in [0.1, 0.15) is 49.3 Å².